The molecule has 0 saturated carbocycles. The Hall–Kier alpha value is -1.85. The third-order valence-electron chi connectivity index (χ3n) is 2.58. The highest BCUT2D eigenvalue weighted by atomic mass is 19.2. The van der Waals surface area contributed by atoms with Crippen molar-refractivity contribution < 1.29 is 17.6 Å². The first-order valence-corrected chi connectivity index (χ1v) is 4.77. The van der Waals surface area contributed by atoms with Crippen LogP contribution in [0.25, 0.3) is 5.69 Å². The highest BCUT2D eigenvalue weighted by Gasteiger charge is 2.21. The molecular weight excluding hydrogens is 236 g/mol. The molecule has 0 radical (unpaired) electrons. The number of benzene rings is 1. The highest BCUT2D eigenvalue weighted by molar-refractivity contribution is 5.39. The molecule has 0 aliphatic rings. The van der Waals surface area contributed by atoms with Gasteiger partial charge >= 0.3 is 0 Å². The molecule has 1 heterocycles. The molecule has 1 aromatic heterocycles. The van der Waals surface area contributed by atoms with Crippen molar-refractivity contribution in [2.24, 2.45) is 0 Å². The van der Waals surface area contributed by atoms with Crippen molar-refractivity contribution in [3.05, 3.63) is 47.1 Å². The van der Waals surface area contributed by atoms with E-state index in [9.17, 15) is 17.6 Å². The summed E-state index contributed by atoms with van der Waals surface area (Å²) >= 11 is 0. The quantitative estimate of drug-likeness (QED) is 0.557. The Bertz CT molecular complexity index is 563. The number of hydrogen-bond acceptors (Lipinski definition) is 1. The lowest BCUT2D eigenvalue weighted by Gasteiger charge is -2.09. The van der Waals surface area contributed by atoms with E-state index in [0.717, 1.165) is 10.9 Å². The van der Waals surface area contributed by atoms with Crippen LogP contribution in [0.15, 0.2) is 12.4 Å². The third kappa shape index (κ3) is 1.69. The molecule has 2 aromatic rings. The zero-order valence-electron chi connectivity index (χ0n) is 9.06. The second kappa shape index (κ2) is 3.87. The van der Waals surface area contributed by atoms with E-state index in [1.165, 1.54) is 0 Å². The van der Waals surface area contributed by atoms with Gasteiger partial charge in [0.15, 0.2) is 23.3 Å². The van der Waals surface area contributed by atoms with Gasteiger partial charge in [0.05, 0.1) is 12.0 Å². The lowest BCUT2D eigenvalue weighted by molar-refractivity contribution is 0.447. The van der Waals surface area contributed by atoms with Crippen LogP contribution in [0.3, 0.4) is 0 Å². The van der Waals surface area contributed by atoms with Crippen molar-refractivity contribution in [1.29, 1.82) is 0 Å². The molecule has 0 atom stereocenters. The molecule has 0 bridgehead atoms. The minimum Gasteiger partial charge on any atom is -0.298 e. The monoisotopic (exact) mass is 244 g/mol. The predicted octanol–water partition coefficient (Wildman–Crippen LogP) is 3.05. The molecule has 0 fully saturated rings. The molecule has 0 amide bonds. The van der Waals surface area contributed by atoms with E-state index in [0.29, 0.717) is 11.4 Å². The fourth-order valence-corrected chi connectivity index (χ4v) is 1.50. The predicted molar refractivity (Wildman–Crippen MR) is 52.9 cm³/mol. The van der Waals surface area contributed by atoms with Crippen molar-refractivity contribution in [3.63, 3.8) is 0 Å². The molecule has 2 rings (SSSR count). The smallest absolute Gasteiger partial charge is 0.186 e. The molecule has 2 nitrogen and oxygen atoms in total. The Morgan fingerprint density at radius 2 is 1.53 bits per heavy atom. The lowest BCUT2D eigenvalue weighted by Crippen LogP contribution is -2.07. The highest BCUT2D eigenvalue weighted by Crippen LogP contribution is 2.24. The second-order valence-electron chi connectivity index (χ2n) is 3.60. The maximum absolute atomic E-state index is 13.5. The fourth-order valence-electron chi connectivity index (χ4n) is 1.50. The largest absolute Gasteiger partial charge is 0.298 e. The van der Waals surface area contributed by atoms with Gasteiger partial charge in [-0.05, 0) is 13.8 Å². The minimum absolute atomic E-state index is 0.174. The summed E-state index contributed by atoms with van der Waals surface area (Å²) in [5.74, 6) is -5.76. The van der Waals surface area contributed by atoms with E-state index in [4.69, 9.17) is 0 Å². The van der Waals surface area contributed by atoms with Gasteiger partial charge in [0, 0.05) is 11.8 Å². The van der Waals surface area contributed by atoms with Crippen LogP contribution in [0.5, 0.6) is 0 Å². The summed E-state index contributed by atoms with van der Waals surface area (Å²) in [6.07, 6.45) is 1.12. The molecule has 17 heavy (non-hydrogen) atoms. The first kappa shape index (κ1) is 11.6. The summed E-state index contributed by atoms with van der Waals surface area (Å²) in [6.45, 7) is 3.17. The molecule has 90 valence electrons. The number of aromatic nitrogens is 2. The average molecular weight is 244 g/mol. The molecule has 0 aliphatic carbocycles. The van der Waals surface area contributed by atoms with Crippen molar-refractivity contribution in [2.45, 2.75) is 13.8 Å². The Morgan fingerprint density at radius 1 is 1.00 bits per heavy atom. The number of hydrogen-bond donors (Lipinski definition) is 0. The first-order valence-electron chi connectivity index (χ1n) is 4.77. The molecule has 0 unspecified atom stereocenters. The first-order chi connectivity index (χ1) is 7.93. The number of imidazole rings is 1. The van der Waals surface area contributed by atoms with E-state index in [1.807, 2.05) is 0 Å². The lowest BCUT2D eigenvalue weighted by atomic mass is 10.2. The van der Waals surface area contributed by atoms with Gasteiger partial charge in [0.25, 0.3) is 0 Å². The normalized spacial score (nSPS) is 10.9. The van der Waals surface area contributed by atoms with Gasteiger partial charge in [-0.1, -0.05) is 0 Å². The van der Waals surface area contributed by atoms with Crippen molar-refractivity contribution in [2.75, 3.05) is 0 Å². The molecule has 0 saturated heterocycles. The Labute approximate surface area is 94.5 Å². The molecule has 6 heteroatoms. The third-order valence-corrected chi connectivity index (χ3v) is 2.58. The van der Waals surface area contributed by atoms with E-state index in [1.54, 1.807) is 13.8 Å². The molecular formula is C11H8F4N2. The van der Waals surface area contributed by atoms with E-state index in [2.05, 4.69) is 4.98 Å². The van der Waals surface area contributed by atoms with Gasteiger partial charge in [-0.25, -0.2) is 22.5 Å². The number of halogens is 4. The zero-order chi connectivity index (χ0) is 12.7. The van der Waals surface area contributed by atoms with Crippen LogP contribution in [0.4, 0.5) is 17.6 Å². The molecule has 0 aliphatic heterocycles. The Morgan fingerprint density at radius 3 is 1.94 bits per heavy atom. The summed E-state index contributed by atoms with van der Waals surface area (Å²) in [4.78, 5) is 3.82. The summed E-state index contributed by atoms with van der Waals surface area (Å²) in [5.41, 5.74) is 0.141. The summed E-state index contributed by atoms with van der Waals surface area (Å²) in [7, 11) is 0. The van der Waals surface area contributed by atoms with Gasteiger partial charge in [0.2, 0.25) is 0 Å². The Kier molecular flexibility index (Phi) is 2.65. The van der Waals surface area contributed by atoms with Crippen LogP contribution >= 0.6 is 0 Å². The summed E-state index contributed by atoms with van der Waals surface area (Å²) in [6, 6.07) is 0.174. The van der Waals surface area contributed by atoms with Gasteiger partial charge in [0.1, 0.15) is 5.69 Å². The summed E-state index contributed by atoms with van der Waals surface area (Å²) in [5, 5.41) is 0. The van der Waals surface area contributed by atoms with Crippen molar-refractivity contribution >= 4 is 0 Å². The van der Waals surface area contributed by atoms with Crippen LogP contribution in [0.1, 0.15) is 11.4 Å². The average Bonchev–Trinajstić information content (AvgIpc) is 2.59. The number of rotatable bonds is 1. The van der Waals surface area contributed by atoms with E-state index in [-0.39, 0.29) is 6.07 Å². The maximum atomic E-state index is 13.5. The minimum atomic E-state index is -1.44. The standard InChI is InChI=1S/C11H8F4N2/c1-5-6(2)17(4-16-5)11-9(14)7(12)3-8(13)10(11)15/h3-4H,1-2H3. The van der Waals surface area contributed by atoms with Gasteiger partial charge < -0.3 is 0 Å². The molecule has 1 aromatic carbocycles. The Balaban J connectivity index is 2.79. The molecule has 0 N–H and O–H groups in total. The van der Waals surface area contributed by atoms with Crippen LogP contribution in [0, 0.1) is 37.1 Å². The van der Waals surface area contributed by atoms with Crippen LogP contribution in [-0.2, 0) is 0 Å². The van der Waals surface area contributed by atoms with Crippen LogP contribution in [-0.4, -0.2) is 9.55 Å². The second-order valence-corrected chi connectivity index (χ2v) is 3.60. The van der Waals surface area contributed by atoms with Crippen molar-refractivity contribution in [3.8, 4) is 5.69 Å². The fraction of sp³-hybridized carbons (Fsp3) is 0.182. The number of aryl methyl sites for hydroxylation is 1. The van der Waals surface area contributed by atoms with Crippen molar-refractivity contribution in [1.82, 2.24) is 9.55 Å². The topological polar surface area (TPSA) is 17.8 Å². The van der Waals surface area contributed by atoms with Crippen LogP contribution in [0.2, 0.25) is 0 Å². The SMILES string of the molecule is Cc1ncn(-c2c(F)c(F)cc(F)c2F)c1C. The maximum Gasteiger partial charge on any atom is 0.186 e. The van der Waals surface area contributed by atoms with Gasteiger partial charge in [-0.15, -0.1) is 0 Å². The summed E-state index contributed by atoms with van der Waals surface area (Å²) < 4.78 is 54.0. The van der Waals surface area contributed by atoms with Gasteiger partial charge in [-0.3, -0.25) is 4.57 Å². The molecule has 0 spiro atoms. The zero-order valence-corrected chi connectivity index (χ0v) is 9.06. The van der Waals surface area contributed by atoms with Crippen LogP contribution < -0.4 is 0 Å². The van der Waals surface area contributed by atoms with Gasteiger partial charge in [-0.2, -0.15) is 0 Å². The number of nitrogens with zero attached hydrogens (tertiary/aromatic N) is 2. The van der Waals surface area contributed by atoms with E-state index >= 15 is 0 Å². The van der Waals surface area contributed by atoms with E-state index < -0.39 is 29.0 Å².